The molecule has 5 aliphatic carbocycles. The quantitative estimate of drug-likeness (QED) is 0.152. The SMILES string of the molecule is CN(C)c1ccc(N(c2ccc(N(C)C)cc2)c2cc(C34CC5CC(CC(C5)C3)C4)cc(N(c3ccc(N(C)C)cc3)C3CC[C@H]3N(C)C)c2Cl)cc1. The van der Waals surface area contributed by atoms with Crippen molar-refractivity contribution in [2.75, 3.05) is 80.9 Å². The van der Waals surface area contributed by atoms with Gasteiger partial charge in [0, 0.05) is 88.5 Å². The molecular weight excluding hydrogens is 672 g/mol. The van der Waals surface area contributed by atoms with Gasteiger partial charge in [0.15, 0.2) is 0 Å². The van der Waals surface area contributed by atoms with Gasteiger partial charge in [-0.3, -0.25) is 0 Å². The first-order valence-corrected chi connectivity index (χ1v) is 20.2. The van der Waals surface area contributed by atoms with Crippen molar-refractivity contribution in [2.45, 2.75) is 68.9 Å². The largest absolute Gasteiger partial charge is 0.378 e. The van der Waals surface area contributed by atoms with Crippen LogP contribution in [0.3, 0.4) is 0 Å². The van der Waals surface area contributed by atoms with E-state index in [1.165, 1.54) is 73.3 Å². The molecule has 1 unspecified atom stereocenters. The molecule has 0 aliphatic heterocycles. The number of rotatable bonds is 11. The predicted molar refractivity (Wildman–Crippen MR) is 228 cm³/mol. The van der Waals surface area contributed by atoms with E-state index in [2.05, 4.69) is 171 Å². The highest BCUT2D eigenvalue weighted by molar-refractivity contribution is 6.36. The molecule has 5 aliphatic rings. The average molecular weight is 731 g/mol. The highest BCUT2D eigenvalue weighted by atomic mass is 35.5. The van der Waals surface area contributed by atoms with Gasteiger partial charge < -0.3 is 29.4 Å². The summed E-state index contributed by atoms with van der Waals surface area (Å²) in [4.78, 5) is 14.0. The minimum Gasteiger partial charge on any atom is -0.378 e. The number of hydrogen-bond donors (Lipinski definition) is 0. The summed E-state index contributed by atoms with van der Waals surface area (Å²) in [7, 11) is 17.1. The summed E-state index contributed by atoms with van der Waals surface area (Å²) in [5, 5.41) is 0.813. The van der Waals surface area contributed by atoms with E-state index in [1.807, 2.05) is 0 Å². The standard InChI is InChI=1S/C46H59ClN6/c1-48(2)35-9-15-38(16-10-35)52(39-17-11-36(12-18-39)49(3)4)43-26-34(46-28-31-23-32(29-46)25-33(24-31)30-46)27-44(45(43)47)53(42-22-21-41(42)51(7)8)40-19-13-37(14-20-40)50(5)6/h9-20,26-27,31-33,41-42H,21-25,28-30H2,1-8H3/t31?,32?,33?,41-,42?,46?/m1/s1. The van der Waals surface area contributed by atoms with E-state index in [0.717, 1.165) is 51.9 Å². The highest BCUT2D eigenvalue weighted by Crippen LogP contribution is 2.62. The maximum absolute atomic E-state index is 8.00. The summed E-state index contributed by atoms with van der Waals surface area (Å²) in [6.45, 7) is 0. The third-order valence-electron chi connectivity index (χ3n) is 13.3. The molecule has 0 radical (unpaired) electrons. The monoisotopic (exact) mass is 730 g/mol. The summed E-state index contributed by atoms with van der Waals surface area (Å²) in [6, 6.07) is 32.9. The van der Waals surface area contributed by atoms with Gasteiger partial charge in [-0.2, -0.15) is 0 Å². The van der Waals surface area contributed by atoms with Crippen molar-refractivity contribution < 1.29 is 0 Å². The molecule has 280 valence electrons. The molecule has 6 nitrogen and oxygen atoms in total. The smallest absolute Gasteiger partial charge is 0.0883 e. The zero-order valence-electron chi connectivity index (χ0n) is 33.2. The Kier molecular flexibility index (Phi) is 9.60. The molecule has 5 fully saturated rings. The minimum atomic E-state index is 0.194. The van der Waals surface area contributed by atoms with Crippen LogP contribution in [0.5, 0.6) is 0 Å². The van der Waals surface area contributed by atoms with Crippen molar-refractivity contribution in [1.82, 2.24) is 4.90 Å². The number of hydrogen-bond acceptors (Lipinski definition) is 6. The Morgan fingerprint density at radius 2 is 0.868 bits per heavy atom. The Bertz CT molecular complexity index is 1810. The molecule has 9 rings (SSSR count). The second kappa shape index (κ2) is 14.1. The summed E-state index contributed by atoms with van der Waals surface area (Å²) < 4.78 is 0. The molecule has 0 spiro atoms. The second-order valence-electron chi connectivity index (χ2n) is 17.6. The van der Waals surface area contributed by atoms with Gasteiger partial charge in [0.1, 0.15) is 0 Å². The summed E-state index contributed by atoms with van der Waals surface area (Å²) in [5.74, 6) is 2.53. The maximum Gasteiger partial charge on any atom is 0.0883 e. The summed E-state index contributed by atoms with van der Waals surface area (Å²) in [6.07, 6.45) is 10.5. The second-order valence-corrected chi connectivity index (χ2v) is 18.0. The average Bonchev–Trinajstić information content (AvgIpc) is 3.10. The van der Waals surface area contributed by atoms with E-state index in [1.54, 1.807) is 0 Å². The molecule has 0 aromatic heterocycles. The van der Waals surface area contributed by atoms with Gasteiger partial charge in [-0.15, -0.1) is 0 Å². The number of nitrogens with zero attached hydrogens (tertiary/aromatic N) is 6. The van der Waals surface area contributed by atoms with Crippen LogP contribution in [0, 0.1) is 17.8 Å². The molecule has 4 bridgehead atoms. The molecule has 7 heteroatoms. The fraction of sp³-hybridized carbons (Fsp3) is 0.478. The molecule has 0 N–H and O–H groups in total. The predicted octanol–water partition coefficient (Wildman–Crippen LogP) is 10.7. The zero-order valence-corrected chi connectivity index (χ0v) is 33.9. The maximum atomic E-state index is 8.00. The van der Waals surface area contributed by atoms with E-state index in [4.69, 9.17) is 11.6 Å². The molecule has 0 amide bonds. The fourth-order valence-corrected chi connectivity index (χ4v) is 11.0. The Hall–Kier alpha value is -3.87. The van der Waals surface area contributed by atoms with Crippen molar-refractivity contribution in [1.29, 1.82) is 0 Å². The van der Waals surface area contributed by atoms with Gasteiger partial charge in [0.2, 0.25) is 0 Å². The van der Waals surface area contributed by atoms with E-state index in [-0.39, 0.29) is 5.41 Å². The molecule has 0 saturated heterocycles. The lowest BCUT2D eigenvalue weighted by atomic mass is 9.48. The van der Waals surface area contributed by atoms with Crippen LogP contribution in [0.1, 0.15) is 56.9 Å². The topological polar surface area (TPSA) is 19.4 Å². The number of likely N-dealkylation sites (N-methyl/N-ethyl adjacent to an activating group) is 1. The lowest BCUT2D eigenvalue weighted by molar-refractivity contribution is -0.00515. The molecule has 4 aromatic rings. The van der Waals surface area contributed by atoms with Gasteiger partial charge in [0.05, 0.1) is 16.4 Å². The van der Waals surface area contributed by atoms with Crippen molar-refractivity contribution >= 4 is 57.1 Å². The first kappa shape index (κ1) is 36.1. The Morgan fingerprint density at radius 3 is 1.25 bits per heavy atom. The van der Waals surface area contributed by atoms with Gasteiger partial charge in [-0.25, -0.2) is 0 Å². The van der Waals surface area contributed by atoms with Crippen molar-refractivity contribution in [3.63, 3.8) is 0 Å². The van der Waals surface area contributed by atoms with Crippen LogP contribution in [0.15, 0.2) is 84.9 Å². The van der Waals surface area contributed by atoms with Crippen LogP contribution < -0.4 is 24.5 Å². The van der Waals surface area contributed by atoms with Crippen LogP contribution in [-0.2, 0) is 5.41 Å². The first-order chi connectivity index (χ1) is 25.4. The Morgan fingerprint density at radius 1 is 0.491 bits per heavy atom. The van der Waals surface area contributed by atoms with Crippen LogP contribution in [0.2, 0.25) is 5.02 Å². The lowest BCUT2D eigenvalue weighted by Gasteiger charge is -2.57. The van der Waals surface area contributed by atoms with Gasteiger partial charge in [-0.1, -0.05) is 11.6 Å². The van der Waals surface area contributed by atoms with Crippen molar-refractivity contribution in [3.8, 4) is 0 Å². The lowest BCUT2D eigenvalue weighted by Crippen LogP contribution is -2.55. The number of benzene rings is 4. The van der Waals surface area contributed by atoms with Crippen LogP contribution in [-0.4, -0.2) is 73.4 Å². The molecule has 53 heavy (non-hydrogen) atoms. The van der Waals surface area contributed by atoms with E-state index in [0.29, 0.717) is 12.1 Å². The van der Waals surface area contributed by atoms with Gasteiger partial charge in [0.25, 0.3) is 0 Å². The van der Waals surface area contributed by atoms with Crippen LogP contribution >= 0.6 is 11.6 Å². The molecule has 2 atom stereocenters. The highest BCUT2D eigenvalue weighted by Gasteiger charge is 2.52. The van der Waals surface area contributed by atoms with E-state index < -0.39 is 0 Å². The normalized spacial score (nSPS) is 25.7. The minimum absolute atomic E-state index is 0.194. The van der Waals surface area contributed by atoms with Crippen molar-refractivity contribution in [3.05, 3.63) is 95.5 Å². The van der Waals surface area contributed by atoms with Crippen molar-refractivity contribution in [2.24, 2.45) is 17.8 Å². The van der Waals surface area contributed by atoms with Gasteiger partial charge >= 0.3 is 0 Å². The van der Waals surface area contributed by atoms with Crippen LogP contribution in [0.4, 0.5) is 45.5 Å². The number of halogens is 1. The molecular formula is C46H59ClN6. The fourth-order valence-electron chi connectivity index (χ4n) is 10.7. The Labute approximate surface area is 323 Å². The third kappa shape index (κ3) is 6.65. The van der Waals surface area contributed by atoms with E-state index in [9.17, 15) is 0 Å². The summed E-state index contributed by atoms with van der Waals surface area (Å²) in [5.41, 5.74) is 10.9. The number of anilines is 8. The molecule has 0 heterocycles. The molecule has 4 aromatic carbocycles. The Balaban J connectivity index is 1.36. The summed E-state index contributed by atoms with van der Waals surface area (Å²) >= 11 is 8.00. The third-order valence-corrected chi connectivity index (χ3v) is 13.7. The molecule has 5 saturated carbocycles. The zero-order chi connectivity index (χ0) is 37.2. The first-order valence-electron chi connectivity index (χ1n) is 19.8. The van der Waals surface area contributed by atoms with Crippen LogP contribution in [0.25, 0.3) is 0 Å². The van der Waals surface area contributed by atoms with Gasteiger partial charge in [-0.05, 0) is 179 Å². The van der Waals surface area contributed by atoms with E-state index >= 15 is 0 Å².